The third-order valence-electron chi connectivity index (χ3n) is 5.26. The van der Waals surface area contributed by atoms with E-state index in [9.17, 15) is 4.79 Å². The molecule has 1 N–H and O–H groups in total. The van der Waals surface area contributed by atoms with Gasteiger partial charge in [-0.15, -0.1) is 12.4 Å². The van der Waals surface area contributed by atoms with Crippen LogP contribution in [0.3, 0.4) is 0 Å². The van der Waals surface area contributed by atoms with Crippen LogP contribution in [0, 0.1) is 0 Å². The Bertz CT molecular complexity index is 750. The van der Waals surface area contributed by atoms with E-state index >= 15 is 0 Å². The molecule has 1 saturated carbocycles. The molecule has 0 spiro atoms. The van der Waals surface area contributed by atoms with E-state index in [1.54, 1.807) is 6.20 Å². The quantitative estimate of drug-likeness (QED) is 0.870. The maximum atomic E-state index is 13.2. The number of benzene rings is 1. The van der Waals surface area contributed by atoms with Crippen molar-refractivity contribution < 1.29 is 9.53 Å². The summed E-state index contributed by atoms with van der Waals surface area (Å²) in [4.78, 5) is 19.4. The van der Waals surface area contributed by atoms with Crippen LogP contribution in [0.1, 0.15) is 47.6 Å². The van der Waals surface area contributed by atoms with E-state index in [-0.39, 0.29) is 24.4 Å². The number of pyridine rings is 1. The monoisotopic (exact) mass is 387 g/mol. The van der Waals surface area contributed by atoms with Crippen LogP contribution in [0.2, 0.25) is 0 Å². The first-order chi connectivity index (χ1) is 12.8. The number of hydrogen-bond acceptors (Lipinski definition) is 4. The summed E-state index contributed by atoms with van der Waals surface area (Å²) in [5.41, 5.74) is 1.75. The normalized spacial score (nSPS) is 20.1. The van der Waals surface area contributed by atoms with Crippen molar-refractivity contribution in [2.24, 2.45) is 0 Å². The molecule has 6 heteroatoms. The molecule has 2 aromatic rings. The Balaban J connectivity index is 0.00000210. The van der Waals surface area contributed by atoms with Crippen LogP contribution in [-0.4, -0.2) is 41.5 Å². The molecule has 2 aliphatic rings. The second-order valence-electron chi connectivity index (χ2n) is 7.06. The fourth-order valence-corrected chi connectivity index (χ4v) is 3.89. The van der Waals surface area contributed by atoms with Gasteiger partial charge < -0.3 is 15.0 Å². The molecule has 1 aromatic heterocycles. The fraction of sp³-hybridized carbons (Fsp3) is 0.429. The zero-order valence-corrected chi connectivity index (χ0v) is 16.2. The molecule has 5 nitrogen and oxygen atoms in total. The molecule has 2 fully saturated rings. The Morgan fingerprint density at radius 3 is 2.81 bits per heavy atom. The highest BCUT2D eigenvalue weighted by Gasteiger charge is 2.29. The van der Waals surface area contributed by atoms with E-state index in [4.69, 9.17) is 4.74 Å². The van der Waals surface area contributed by atoms with Crippen LogP contribution >= 0.6 is 12.4 Å². The Kier molecular flexibility index (Phi) is 6.69. The molecule has 1 aromatic carbocycles. The predicted octanol–water partition coefficient (Wildman–Crippen LogP) is 3.61. The zero-order valence-electron chi connectivity index (χ0n) is 15.3. The topological polar surface area (TPSA) is 54.5 Å². The summed E-state index contributed by atoms with van der Waals surface area (Å²) in [6, 6.07) is 11.6. The lowest BCUT2D eigenvalue weighted by Crippen LogP contribution is -2.48. The van der Waals surface area contributed by atoms with E-state index in [2.05, 4.69) is 10.3 Å². The SMILES string of the molecule is Cl.O=C(c1cccc(OC2CCCC2)c1)N1CCNCC1c1cccnc1. The molecule has 1 unspecified atom stereocenters. The van der Waals surface area contributed by atoms with Crippen LogP contribution in [-0.2, 0) is 0 Å². The number of rotatable bonds is 4. The molecule has 1 aliphatic heterocycles. The van der Waals surface area contributed by atoms with E-state index in [0.29, 0.717) is 18.2 Å². The Hall–Kier alpha value is -2.11. The van der Waals surface area contributed by atoms with Crippen molar-refractivity contribution in [3.63, 3.8) is 0 Å². The summed E-state index contributed by atoms with van der Waals surface area (Å²) >= 11 is 0. The summed E-state index contributed by atoms with van der Waals surface area (Å²) in [5.74, 6) is 0.855. The molecular formula is C21H26ClN3O2. The number of aromatic nitrogens is 1. The van der Waals surface area contributed by atoms with Gasteiger partial charge in [0.25, 0.3) is 5.91 Å². The number of ether oxygens (including phenoxy) is 1. The van der Waals surface area contributed by atoms with E-state index in [1.807, 2.05) is 47.5 Å². The molecule has 1 saturated heterocycles. The van der Waals surface area contributed by atoms with Gasteiger partial charge in [-0.3, -0.25) is 9.78 Å². The maximum Gasteiger partial charge on any atom is 0.254 e. The van der Waals surface area contributed by atoms with Crippen LogP contribution in [0.25, 0.3) is 0 Å². The third kappa shape index (κ3) is 4.60. The highest BCUT2D eigenvalue weighted by Crippen LogP contribution is 2.27. The smallest absolute Gasteiger partial charge is 0.254 e. The minimum atomic E-state index is 0. The Morgan fingerprint density at radius 1 is 1.19 bits per heavy atom. The fourth-order valence-electron chi connectivity index (χ4n) is 3.89. The summed E-state index contributed by atoms with van der Waals surface area (Å²) in [5, 5.41) is 3.38. The lowest BCUT2D eigenvalue weighted by atomic mass is 10.0. The molecule has 0 bridgehead atoms. The van der Waals surface area contributed by atoms with Gasteiger partial charge >= 0.3 is 0 Å². The average Bonchev–Trinajstić information content (AvgIpc) is 3.21. The number of piperazine rings is 1. The highest BCUT2D eigenvalue weighted by atomic mass is 35.5. The van der Waals surface area contributed by atoms with E-state index in [0.717, 1.165) is 37.2 Å². The van der Waals surface area contributed by atoms with Gasteiger partial charge in [0, 0.05) is 37.6 Å². The van der Waals surface area contributed by atoms with Crippen molar-refractivity contribution in [3.05, 3.63) is 59.9 Å². The lowest BCUT2D eigenvalue weighted by molar-refractivity contribution is 0.0633. The molecule has 27 heavy (non-hydrogen) atoms. The summed E-state index contributed by atoms with van der Waals surface area (Å²) in [6.45, 7) is 2.24. The average molecular weight is 388 g/mol. The first-order valence-corrected chi connectivity index (χ1v) is 9.49. The highest BCUT2D eigenvalue weighted by molar-refractivity contribution is 5.95. The molecule has 4 rings (SSSR count). The number of nitrogens with zero attached hydrogens (tertiary/aromatic N) is 2. The van der Waals surface area contributed by atoms with Gasteiger partial charge in [0.15, 0.2) is 0 Å². The molecule has 1 aliphatic carbocycles. The van der Waals surface area contributed by atoms with Crippen molar-refractivity contribution in [1.29, 1.82) is 0 Å². The second kappa shape index (κ2) is 9.20. The van der Waals surface area contributed by atoms with Gasteiger partial charge in [0.2, 0.25) is 0 Å². The number of carbonyl (C=O) groups excluding carboxylic acids is 1. The molecule has 2 heterocycles. The van der Waals surface area contributed by atoms with Crippen LogP contribution < -0.4 is 10.1 Å². The number of nitrogens with one attached hydrogen (secondary N) is 1. The van der Waals surface area contributed by atoms with E-state index in [1.165, 1.54) is 12.8 Å². The van der Waals surface area contributed by atoms with Crippen molar-refractivity contribution in [2.75, 3.05) is 19.6 Å². The predicted molar refractivity (Wildman–Crippen MR) is 107 cm³/mol. The molecular weight excluding hydrogens is 362 g/mol. The Labute approximate surface area is 166 Å². The summed E-state index contributed by atoms with van der Waals surface area (Å²) in [6.07, 6.45) is 8.58. The second-order valence-corrected chi connectivity index (χ2v) is 7.06. The minimum Gasteiger partial charge on any atom is -0.490 e. The number of halogens is 1. The van der Waals surface area contributed by atoms with E-state index < -0.39 is 0 Å². The number of amides is 1. The summed E-state index contributed by atoms with van der Waals surface area (Å²) in [7, 11) is 0. The first-order valence-electron chi connectivity index (χ1n) is 9.49. The number of carbonyl (C=O) groups is 1. The molecule has 144 valence electrons. The molecule has 0 radical (unpaired) electrons. The van der Waals surface area contributed by atoms with Gasteiger partial charge in [-0.2, -0.15) is 0 Å². The van der Waals surface area contributed by atoms with Crippen molar-refractivity contribution >= 4 is 18.3 Å². The standard InChI is InChI=1S/C21H25N3O2.ClH/c25-21(16-5-3-9-19(13-16)26-18-7-1-2-8-18)24-12-11-23-15-20(24)17-6-4-10-22-14-17;/h3-6,9-10,13-14,18,20,23H,1-2,7-8,11-12,15H2;1H. The number of hydrogen-bond donors (Lipinski definition) is 1. The van der Waals surface area contributed by atoms with Crippen LogP contribution in [0.15, 0.2) is 48.8 Å². The zero-order chi connectivity index (χ0) is 17.8. The van der Waals surface area contributed by atoms with Crippen molar-refractivity contribution in [3.8, 4) is 5.75 Å². The van der Waals surface area contributed by atoms with Gasteiger partial charge in [-0.1, -0.05) is 12.1 Å². The van der Waals surface area contributed by atoms with Gasteiger partial charge in [-0.25, -0.2) is 0 Å². The van der Waals surface area contributed by atoms with Gasteiger partial charge in [-0.05, 0) is 55.5 Å². The minimum absolute atomic E-state index is 0. The Morgan fingerprint density at radius 2 is 2.04 bits per heavy atom. The van der Waals surface area contributed by atoms with Crippen LogP contribution in [0.4, 0.5) is 0 Å². The summed E-state index contributed by atoms with van der Waals surface area (Å²) < 4.78 is 6.07. The molecule has 1 amide bonds. The first kappa shape index (κ1) is 19.6. The molecule has 1 atom stereocenters. The maximum absolute atomic E-state index is 13.2. The van der Waals surface area contributed by atoms with Crippen LogP contribution in [0.5, 0.6) is 5.75 Å². The third-order valence-corrected chi connectivity index (χ3v) is 5.26. The van der Waals surface area contributed by atoms with Crippen molar-refractivity contribution in [1.82, 2.24) is 15.2 Å². The van der Waals surface area contributed by atoms with Crippen molar-refractivity contribution in [2.45, 2.75) is 37.8 Å². The van der Waals surface area contributed by atoms with Gasteiger partial charge in [0.05, 0.1) is 12.1 Å². The largest absolute Gasteiger partial charge is 0.490 e. The lowest BCUT2D eigenvalue weighted by Gasteiger charge is -2.36. The van der Waals surface area contributed by atoms with Gasteiger partial charge in [0.1, 0.15) is 5.75 Å².